The van der Waals surface area contributed by atoms with Crippen LogP contribution in [0.2, 0.25) is 0 Å². The van der Waals surface area contributed by atoms with Gasteiger partial charge in [0.25, 0.3) is 11.8 Å². The van der Waals surface area contributed by atoms with E-state index in [-0.39, 0.29) is 17.7 Å². The highest BCUT2D eigenvalue weighted by atomic mass is 16.2. The van der Waals surface area contributed by atoms with E-state index in [4.69, 9.17) is 0 Å². The molecule has 0 radical (unpaired) electrons. The van der Waals surface area contributed by atoms with E-state index < -0.39 is 0 Å². The molecule has 1 atom stereocenters. The fraction of sp³-hybridized carbons (Fsp3) is 0.316. The lowest BCUT2D eigenvalue weighted by Crippen LogP contribution is -2.39. The number of carbonyl (C=O) groups excluding carboxylic acids is 2. The van der Waals surface area contributed by atoms with Gasteiger partial charge < -0.3 is 10.2 Å². The first-order valence-corrected chi connectivity index (χ1v) is 8.94. The molecule has 8 heteroatoms. The van der Waals surface area contributed by atoms with Crippen LogP contribution >= 0.6 is 0 Å². The summed E-state index contributed by atoms with van der Waals surface area (Å²) in [5.41, 5.74) is 2.38. The van der Waals surface area contributed by atoms with E-state index in [1.54, 1.807) is 36.1 Å². The van der Waals surface area contributed by atoms with Gasteiger partial charge in [-0.25, -0.2) is 9.50 Å². The second kappa shape index (κ2) is 7.14. The Kier molecular flexibility index (Phi) is 4.53. The summed E-state index contributed by atoms with van der Waals surface area (Å²) in [5.74, 6) is -0.156. The molecule has 1 aliphatic rings. The van der Waals surface area contributed by atoms with Gasteiger partial charge in [-0.3, -0.25) is 14.6 Å². The molecule has 0 saturated carbocycles. The number of nitrogens with one attached hydrogen (secondary N) is 1. The Morgan fingerprint density at radius 3 is 2.85 bits per heavy atom. The molecule has 3 aromatic rings. The van der Waals surface area contributed by atoms with Crippen molar-refractivity contribution in [3.8, 4) is 0 Å². The van der Waals surface area contributed by atoms with E-state index in [1.807, 2.05) is 17.0 Å². The Labute approximate surface area is 156 Å². The predicted octanol–water partition coefficient (Wildman–Crippen LogP) is 1.50. The summed E-state index contributed by atoms with van der Waals surface area (Å²) >= 11 is 0. The number of piperidine rings is 1. The molecule has 8 nitrogen and oxygen atoms in total. The normalized spacial score (nSPS) is 17.1. The lowest BCUT2D eigenvalue weighted by molar-refractivity contribution is 0.0699. The zero-order valence-electron chi connectivity index (χ0n) is 15.0. The first-order chi connectivity index (χ1) is 13.2. The van der Waals surface area contributed by atoms with Crippen LogP contribution in [0, 0.1) is 0 Å². The summed E-state index contributed by atoms with van der Waals surface area (Å²) in [6, 6.07) is 7.26. The van der Waals surface area contributed by atoms with Crippen LogP contribution in [0.3, 0.4) is 0 Å². The van der Waals surface area contributed by atoms with Gasteiger partial charge in [-0.1, -0.05) is 6.07 Å². The lowest BCUT2D eigenvalue weighted by atomic mass is 9.94. The molecule has 0 bridgehead atoms. The molecule has 1 unspecified atom stereocenters. The van der Waals surface area contributed by atoms with E-state index in [1.165, 1.54) is 6.20 Å². The Morgan fingerprint density at radius 2 is 2.07 bits per heavy atom. The molecule has 0 spiro atoms. The Hall–Kier alpha value is -3.29. The topological polar surface area (TPSA) is 92.5 Å². The van der Waals surface area contributed by atoms with Crippen LogP contribution in [0.5, 0.6) is 0 Å². The number of amides is 2. The number of rotatable bonds is 3. The summed E-state index contributed by atoms with van der Waals surface area (Å²) in [6.07, 6.45) is 6.70. The van der Waals surface area contributed by atoms with Crippen LogP contribution < -0.4 is 5.32 Å². The zero-order chi connectivity index (χ0) is 18.8. The molecular weight excluding hydrogens is 344 g/mol. The highest BCUT2D eigenvalue weighted by molar-refractivity contribution is 5.99. The second-order valence-electron chi connectivity index (χ2n) is 6.55. The number of nitrogens with zero attached hydrogens (tertiary/aromatic N) is 5. The van der Waals surface area contributed by atoms with Crippen LogP contribution in [0.15, 0.2) is 42.9 Å². The molecule has 138 valence electrons. The summed E-state index contributed by atoms with van der Waals surface area (Å²) in [5, 5.41) is 6.98. The van der Waals surface area contributed by atoms with Gasteiger partial charge in [0.1, 0.15) is 11.3 Å². The SMILES string of the molecule is CNC(=O)c1cnn2c(C3CCCN(C(=O)c4ccccn4)C3)ccnc12. The van der Waals surface area contributed by atoms with Crippen LogP contribution in [0.25, 0.3) is 5.65 Å². The number of pyridine rings is 1. The number of likely N-dealkylation sites (tertiary alicyclic amines) is 1. The summed E-state index contributed by atoms with van der Waals surface area (Å²) in [6.45, 7) is 1.30. The third kappa shape index (κ3) is 3.14. The maximum absolute atomic E-state index is 12.7. The van der Waals surface area contributed by atoms with Crippen molar-refractivity contribution in [2.24, 2.45) is 0 Å². The van der Waals surface area contributed by atoms with Gasteiger partial charge in [0, 0.05) is 38.4 Å². The summed E-state index contributed by atoms with van der Waals surface area (Å²) in [7, 11) is 1.58. The van der Waals surface area contributed by atoms with E-state index in [2.05, 4.69) is 20.4 Å². The maximum Gasteiger partial charge on any atom is 0.272 e. The van der Waals surface area contributed by atoms with Crippen LogP contribution in [-0.2, 0) is 0 Å². The van der Waals surface area contributed by atoms with Crippen molar-refractivity contribution in [3.63, 3.8) is 0 Å². The second-order valence-corrected chi connectivity index (χ2v) is 6.55. The van der Waals surface area contributed by atoms with Gasteiger partial charge >= 0.3 is 0 Å². The molecule has 1 N–H and O–H groups in total. The fourth-order valence-corrected chi connectivity index (χ4v) is 3.57. The van der Waals surface area contributed by atoms with Crippen molar-refractivity contribution in [2.75, 3.05) is 20.1 Å². The molecule has 1 fully saturated rings. The lowest BCUT2D eigenvalue weighted by Gasteiger charge is -2.32. The van der Waals surface area contributed by atoms with E-state index >= 15 is 0 Å². The van der Waals surface area contributed by atoms with E-state index in [9.17, 15) is 9.59 Å². The third-order valence-corrected chi connectivity index (χ3v) is 4.91. The zero-order valence-corrected chi connectivity index (χ0v) is 15.0. The number of hydrogen-bond donors (Lipinski definition) is 1. The predicted molar refractivity (Wildman–Crippen MR) is 98.5 cm³/mol. The van der Waals surface area contributed by atoms with Gasteiger partial charge in [-0.15, -0.1) is 0 Å². The van der Waals surface area contributed by atoms with Gasteiger partial charge in [-0.2, -0.15) is 5.10 Å². The van der Waals surface area contributed by atoms with Gasteiger partial charge in [0.15, 0.2) is 5.65 Å². The first kappa shape index (κ1) is 17.1. The summed E-state index contributed by atoms with van der Waals surface area (Å²) < 4.78 is 1.71. The molecule has 1 aliphatic heterocycles. The van der Waals surface area contributed by atoms with Crippen LogP contribution in [0.4, 0.5) is 0 Å². The van der Waals surface area contributed by atoms with Crippen LogP contribution in [-0.4, -0.2) is 56.4 Å². The number of carbonyl (C=O) groups is 2. The molecule has 0 aromatic carbocycles. The summed E-state index contributed by atoms with van der Waals surface area (Å²) in [4.78, 5) is 35.1. The van der Waals surface area contributed by atoms with Crippen molar-refractivity contribution in [2.45, 2.75) is 18.8 Å². The number of aromatic nitrogens is 4. The fourth-order valence-electron chi connectivity index (χ4n) is 3.57. The van der Waals surface area contributed by atoms with E-state index in [0.29, 0.717) is 30.0 Å². The maximum atomic E-state index is 12.7. The first-order valence-electron chi connectivity index (χ1n) is 8.94. The van der Waals surface area contributed by atoms with Crippen molar-refractivity contribution in [3.05, 3.63) is 59.8 Å². The average molecular weight is 364 g/mol. The minimum atomic E-state index is -0.217. The Balaban J connectivity index is 1.63. The Morgan fingerprint density at radius 1 is 1.19 bits per heavy atom. The van der Waals surface area contributed by atoms with Gasteiger partial charge in [0.05, 0.1) is 11.9 Å². The van der Waals surface area contributed by atoms with E-state index in [0.717, 1.165) is 18.5 Å². The van der Waals surface area contributed by atoms with Crippen molar-refractivity contribution >= 4 is 17.5 Å². The van der Waals surface area contributed by atoms with Gasteiger partial charge in [0.2, 0.25) is 0 Å². The molecule has 3 aromatic heterocycles. The highest BCUT2D eigenvalue weighted by Crippen LogP contribution is 2.28. The average Bonchev–Trinajstić information content (AvgIpc) is 3.17. The standard InChI is InChI=1S/C19H20N6O2/c1-20-18(26)14-11-23-25-16(7-9-22-17(14)25)13-5-4-10-24(12-13)19(27)15-6-2-3-8-21-15/h2-3,6-9,11,13H,4-5,10,12H2,1H3,(H,20,26). The van der Waals surface area contributed by atoms with Crippen molar-refractivity contribution in [1.82, 2.24) is 29.8 Å². The third-order valence-electron chi connectivity index (χ3n) is 4.91. The molecule has 2 amide bonds. The highest BCUT2D eigenvalue weighted by Gasteiger charge is 2.28. The monoisotopic (exact) mass is 364 g/mol. The minimum Gasteiger partial charge on any atom is -0.355 e. The molecular formula is C19H20N6O2. The number of hydrogen-bond acceptors (Lipinski definition) is 5. The van der Waals surface area contributed by atoms with Gasteiger partial charge in [-0.05, 0) is 31.0 Å². The van der Waals surface area contributed by atoms with Crippen LogP contribution in [0.1, 0.15) is 45.3 Å². The molecule has 4 rings (SSSR count). The Bertz CT molecular complexity index is 984. The molecule has 27 heavy (non-hydrogen) atoms. The molecule has 1 saturated heterocycles. The van der Waals surface area contributed by atoms with Crippen molar-refractivity contribution in [1.29, 1.82) is 0 Å². The molecule has 4 heterocycles. The largest absolute Gasteiger partial charge is 0.355 e. The minimum absolute atomic E-state index is 0.0582. The molecule has 0 aliphatic carbocycles. The quantitative estimate of drug-likeness (QED) is 0.760. The number of fused-ring (bicyclic) bond motifs is 1. The smallest absolute Gasteiger partial charge is 0.272 e. The van der Waals surface area contributed by atoms with Crippen molar-refractivity contribution < 1.29 is 9.59 Å².